The molecule has 0 aliphatic heterocycles. The molecule has 2 aromatic carbocycles. The molecule has 152 valence electrons. The van der Waals surface area contributed by atoms with Crippen LogP contribution >= 0.6 is 0 Å². The van der Waals surface area contributed by atoms with Gasteiger partial charge in [0.05, 0.1) is 5.92 Å². The molecule has 0 amide bonds. The van der Waals surface area contributed by atoms with Crippen LogP contribution in [0.5, 0.6) is 5.75 Å². The quantitative estimate of drug-likeness (QED) is 0.500. The number of halogens is 6. The zero-order valence-electron chi connectivity index (χ0n) is 15.5. The largest absolute Gasteiger partial charge is 0.429 e. The molecule has 0 radical (unpaired) electrons. The Hall–Kier alpha value is -2.18. The highest BCUT2D eigenvalue weighted by Gasteiger charge is 2.44. The lowest BCUT2D eigenvalue weighted by atomic mass is 9.82. The molecule has 1 nitrogen and oxygen atoms in total. The highest BCUT2D eigenvalue weighted by Crippen LogP contribution is 2.41. The zero-order chi connectivity index (χ0) is 20.6. The molecule has 28 heavy (non-hydrogen) atoms. The Morgan fingerprint density at radius 1 is 0.786 bits per heavy atom. The normalized spacial score (nSPS) is 20.3. The first kappa shape index (κ1) is 20.6. The fraction of sp³-hybridized carbons (Fsp3) is 0.429. The number of hydrogen-bond donors (Lipinski definition) is 0. The highest BCUT2D eigenvalue weighted by molar-refractivity contribution is 5.66. The standard InChI is InChI=1S/C21H20F6O/c1-11-3-6-13(7-4-11)21(26,27)28-16-10-9-15(19(24)20(16)25)14-8-5-12(2)17(22)18(14)23/h5,8-11,13H,3-4,6-7H2,1-2H3. The number of rotatable bonds is 4. The third-order valence-electron chi connectivity index (χ3n) is 5.35. The first-order valence-corrected chi connectivity index (χ1v) is 9.11. The Labute approximate surface area is 159 Å². The van der Waals surface area contributed by atoms with Gasteiger partial charge in [-0.25, -0.2) is 13.2 Å². The SMILES string of the molecule is Cc1ccc(-c2ccc(OC(F)(F)C3CCC(C)CC3)c(F)c2F)c(F)c1F. The number of aryl methyl sites for hydroxylation is 1. The lowest BCUT2D eigenvalue weighted by Crippen LogP contribution is -2.37. The summed E-state index contributed by atoms with van der Waals surface area (Å²) >= 11 is 0. The molecular formula is C21H20F6O. The fourth-order valence-electron chi connectivity index (χ4n) is 3.50. The van der Waals surface area contributed by atoms with Crippen LogP contribution in [0.1, 0.15) is 38.2 Å². The van der Waals surface area contributed by atoms with E-state index in [0.29, 0.717) is 18.8 Å². The van der Waals surface area contributed by atoms with E-state index in [9.17, 15) is 26.3 Å². The van der Waals surface area contributed by atoms with E-state index in [-0.39, 0.29) is 18.4 Å². The first-order chi connectivity index (χ1) is 13.1. The average Bonchev–Trinajstić information content (AvgIpc) is 2.65. The highest BCUT2D eigenvalue weighted by atomic mass is 19.3. The second-order valence-corrected chi connectivity index (χ2v) is 7.42. The summed E-state index contributed by atoms with van der Waals surface area (Å²) in [7, 11) is 0. The summed E-state index contributed by atoms with van der Waals surface area (Å²) in [5.41, 5.74) is -1.07. The summed E-state index contributed by atoms with van der Waals surface area (Å²) in [5, 5.41) is 0. The van der Waals surface area contributed by atoms with Gasteiger partial charge in [0, 0.05) is 11.1 Å². The van der Waals surface area contributed by atoms with Crippen molar-refractivity contribution in [3.63, 3.8) is 0 Å². The molecule has 1 fully saturated rings. The number of alkyl halides is 2. The molecule has 3 rings (SSSR count). The second kappa shape index (κ2) is 7.68. The van der Waals surface area contributed by atoms with Gasteiger partial charge in [-0.3, -0.25) is 0 Å². The van der Waals surface area contributed by atoms with E-state index in [4.69, 9.17) is 0 Å². The van der Waals surface area contributed by atoms with Gasteiger partial charge in [-0.2, -0.15) is 13.2 Å². The number of hydrogen-bond acceptors (Lipinski definition) is 1. The van der Waals surface area contributed by atoms with Crippen molar-refractivity contribution in [3.05, 3.63) is 53.1 Å². The van der Waals surface area contributed by atoms with Crippen molar-refractivity contribution >= 4 is 0 Å². The molecule has 1 saturated carbocycles. The van der Waals surface area contributed by atoms with Gasteiger partial charge in [0.2, 0.25) is 5.82 Å². The molecule has 0 bridgehead atoms. The maximum absolute atomic E-state index is 14.4. The van der Waals surface area contributed by atoms with Crippen LogP contribution in [0.15, 0.2) is 24.3 Å². The van der Waals surface area contributed by atoms with Crippen LogP contribution in [0.4, 0.5) is 26.3 Å². The van der Waals surface area contributed by atoms with Gasteiger partial charge < -0.3 is 4.74 Å². The minimum atomic E-state index is -3.66. The van der Waals surface area contributed by atoms with Crippen molar-refractivity contribution < 1.29 is 31.1 Å². The monoisotopic (exact) mass is 402 g/mol. The van der Waals surface area contributed by atoms with Crippen molar-refractivity contribution in [2.24, 2.45) is 11.8 Å². The minimum Gasteiger partial charge on any atom is -0.429 e. The maximum atomic E-state index is 14.4. The molecule has 1 aliphatic rings. The molecule has 0 saturated heterocycles. The summed E-state index contributed by atoms with van der Waals surface area (Å²) in [6.45, 7) is 3.29. The Bertz CT molecular complexity index is 872. The molecule has 0 heterocycles. The Kier molecular flexibility index (Phi) is 5.64. The summed E-state index contributed by atoms with van der Waals surface area (Å²) < 4.78 is 90.0. The molecule has 1 aliphatic carbocycles. The summed E-state index contributed by atoms with van der Waals surface area (Å²) in [6.07, 6.45) is -1.99. The van der Waals surface area contributed by atoms with Crippen LogP contribution in [0, 0.1) is 42.0 Å². The topological polar surface area (TPSA) is 9.23 Å². The Morgan fingerprint density at radius 3 is 1.93 bits per heavy atom. The summed E-state index contributed by atoms with van der Waals surface area (Å²) in [5.74, 6) is -7.48. The first-order valence-electron chi connectivity index (χ1n) is 9.11. The van der Waals surface area contributed by atoms with Gasteiger partial charge in [-0.1, -0.05) is 31.9 Å². The number of ether oxygens (including phenoxy) is 1. The maximum Gasteiger partial charge on any atom is 0.400 e. The van der Waals surface area contributed by atoms with Crippen LogP contribution in [0.25, 0.3) is 11.1 Å². The van der Waals surface area contributed by atoms with Crippen LogP contribution in [0.2, 0.25) is 0 Å². The zero-order valence-corrected chi connectivity index (χ0v) is 15.5. The summed E-state index contributed by atoms with van der Waals surface area (Å²) in [6, 6.07) is 4.03. The lowest BCUT2D eigenvalue weighted by molar-refractivity contribution is -0.224. The van der Waals surface area contributed by atoms with E-state index in [0.717, 1.165) is 18.2 Å². The molecule has 2 aromatic rings. The fourth-order valence-corrected chi connectivity index (χ4v) is 3.50. The van der Waals surface area contributed by atoms with E-state index >= 15 is 0 Å². The van der Waals surface area contributed by atoms with Crippen molar-refractivity contribution in [1.82, 2.24) is 0 Å². The van der Waals surface area contributed by atoms with Crippen LogP contribution in [-0.4, -0.2) is 6.11 Å². The van der Waals surface area contributed by atoms with Gasteiger partial charge in [0.1, 0.15) is 0 Å². The molecule has 7 heteroatoms. The third-order valence-corrected chi connectivity index (χ3v) is 5.35. The lowest BCUT2D eigenvalue weighted by Gasteiger charge is -2.32. The van der Waals surface area contributed by atoms with Gasteiger partial charge in [-0.05, 0) is 43.4 Å². The van der Waals surface area contributed by atoms with Gasteiger partial charge in [-0.15, -0.1) is 0 Å². The second-order valence-electron chi connectivity index (χ2n) is 7.42. The van der Waals surface area contributed by atoms with Crippen LogP contribution < -0.4 is 4.74 Å². The van der Waals surface area contributed by atoms with Gasteiger partial charge >= 0.3 is 6.11 Å². The molecule has 0 aromatic heterocycles. The Balaban J connectivity index is 1.89. The van der Waals surface area contributed by atoms with Crippen molar-refractivity contribution in [3.8, 4) is 16.9 Å². The van der Waals surface area contributed by atoms with Gasteiger partial charge in [0.25, 0.3) is 0 Å². The van der Waals surface area contributed by atoms with Crippen molar-refractivity contribution in [1.29, 1.82) is 0 Å². The Morgan fingerprint density at radius 2 is 1.32 bits per heavy atom. The number of benzene rings is 2. The van der Waals surface area contributed by atoms with Crippen molar-refractivity contribution in [2.75, 3.05) is 0 Å². The minimum absolute atomic E-state index is 0.00326. The average molecular weight is 402 g/mol. The summed E-state index contributed by atoms with van der Waals surface area (Å²) in [4.78, 5) is 0. The molecule has 0 atom stereocenters. The molecule has 0 N–H and O–H groups in total. The van der Waals surface area contributed by atoms with E-state index in [1.54, 1.807) is 0 Å². The van der Waals surface area contributed by atoms with E-state index in [2.05, 4.69) is 4.74 Å². The predicted octanol–water partition coefficient (Wildman–Crippen LogP) is 7.02. The molecular weight excluding hydrogens is 382 g/mol. The van der Waals surface area contributed by atoms with E-state index in [1.165, 1.54) is 13.0 Å². The van der Waals surface area contributed by atoms with Crippen LogP contribution in [-0.2, 0) is 0 Å². The van der Waals surface area contributed by atoms with E-state index in [1.807, 2.05) is 6.92 Å². The van der Waals surface area contributed by atoms with Gasteiger partial charge in [0.15, 0.2) is 23.2 Å². The molecule has 0 unspecified atom stereocenters. The van der Waals surface area contributed by atoms with Crippen molar-refractivity contribution in [2.45, 2.75) is 45.6 Å². The predicted molar refractivity (Wildman–Crippen MR) is 93.1 cm³/mol. The van der Waals surface area contributed by atoms with Crippen LogP contribution in [0.3, 0.4) is 0 Å². The smallest absolute Gasteiger partial charge is 0.400 e. The molecule has 0 spiro atoms. The third kappa shape index (κ3) is 3.84. The van der Waals surface area contributed by atoms with E-state index < -0.39 is 52.2 Å².